The standard InChI is InChI=1S/H3O4P.Si.Zr/c1-5(2,3)4;;/h(H3,1,2,3,4);;/q;2*+4/p-3. The third-order valence-corrected chi connectivity index (χ3v) is 0. The van der Waals surface area contributed by atoms with E-state index >= 15 is 0 Å². The molecule has 0 rings (SSSR count). The monoisotopic (exact) mass is 213 g/mol. The summed E-state index contributed by atoms with van der Waals surface area (Å²) in [7, 11) is -5.39. The van der Waals surface area contributed by atoms with E-state index in [-0.39, 0.29) is 37.2 Å². The van der Waals surface area contributed by atoms with Gasteiger partial charge in [0.15, 0.2) is 0 Å². The van der Waals surface area contributed by atoms with Gasteiger partial charge < -0.3 is 19.2 Å². The molecule has 4 nitrogen and oxygen atoms in total. The Kier molecular flexibility index (Phi) is 12.0. The molecule has 0 aliphatic heterocycles. The first-order valence-electron chi connectivity index (χ1n) is 0.730. The van der Waals surface area contributed by atoms with E-state index in [0.717, 1.165) is 0 Å². The van der Waals surface area contributed by atoms with E-state index in [2.05, 4.69) is 0 Å². The minimum atomic E-state index is -5.39. The van der Waals surface area contributed by atoms with Gasteiger partial charge in [-0.2, -0.15) is 7.82 Å². The van der Waals surface area contributed by atoms with Gasteiger partial charge in [0.05, 0.1) is 0 Å². The summed E-state index contributed by atoms with van der Waals surface area (Å²) < 4.78 is 8.55. The van der Waals surface area contributed by atoms with Crippen LogP contribution in [0.3, 0.4) is 0 Å². The Balaban J connectivity index is -0.0000000800. The van der Waals surface area contributed by atoms with Crippen molar-refractivity contribution in [1.29, 1.82) is 0 Å². The van der Waals surface area contributed by atoms with E-state index in [0.29, 0.717) is 0 Å². The van der Waals surface area contributed by atoms with Crippen LogP contribution in [0.2, 0.25) is 0 Å². The summed E-state index contributed by atoms with van der Waals surface area (Å²) in [5, 5.41) is 0. The fourth-order valence-corrected chi connectivity index (χ4v) is 0. The van der Waals surface area contributed by atoms with Gasteiger partial charge in [-0.1, -0.05) is 0 Å². The molecule has 0 heterocycles. The fourth-order valence-electron chi connectivity index (χ4n) is 0. The molecule has 0 saturated carbocycles. The van der Waals surface area contributed by atoms with E-state index in [1.165, 1.54) is 0 Å². The summed E-state index contributed by atoms with van der Waals surface area (Å²) >= 11 is 0. The Labute approximate surface area is 64.3 Å². The third kappa shape index (κ3) is 134. The van der Waals surface area contributed by atoms with E-state index in [9.17, 15) is 0 Å². The second kappa shape index (κ2) is 5.35. The molecule has 0 aromatic carbocycles. The number of hydrogen-bond donors (Lipinski definition) is 0. The molecule has 0 spiro atoms. The molecule has 0 aliphatic rings. The summed E-state index contributed by atoms with van der Waals surface area (Å²) in [6, 6.07) is 0. The van der Waals surface area contributed by atoms with Crippen molar-refractivity contribution < 1.29 is 45.4 Å². The first kappa shape index (κ1) is 15.7. The van der Waals surface area contributed by atoms with Gasteiger partial charge in [-0.25, -0.2) is 0 Å². The van der Waals surface area contributed by atoms with Crippen LogP contribution in [-0.4, -0.2) is 11.0 Å². The zero-order valence-corrected chi connectivity index (χ0v) is 7.43. The third-order valence-electron chi connectivity index (χ3n) is 0. The summed E-state index contributed by atoms with van der Waals surface area (Å²) in [5.41, 5.74) is 0. The van der Waals surface area contributed by atoms with Crippen LogP contribution in [0.15, 0.2) is 0 Å². The Morgan fingerprint density at radius 2 is 1.14 bits per heavy atom. The van der Waals surface area contributed by atoms with Crippen LogP contribution in [0.25, 0.3) is 0 Å². The summed E-state index contributed by atoms with van der Waals surface area (Å²) in [4.78, 5) is 25.6. The fraction of sp³-hybridized carbons (Fsp3) is 0. The van der Waals surface area contributed by atoms with Gasteiger partial charge in [-0.3, -0.25) is 0 Å². The summed E-state index contributed by atoms with van der Waals surface area (Å²) in [6.45, 7) is 0. The van der Waals surface area contributed by atoms with Gasteiger partial charge in [0.25, 0.3) is 0 Å². The van der Waals surface area contributed by atoms with Crippen LogP contribution in [0.1, 0.15) is 0 Å². The van der Waals surface area contributed by atoms with E-state index in [1.807, 2.05) is 0 Å². The molecular weight excluding hydrogens is 214 g/mol. The van der Waals surface area contributed by atoms with Crippen molar-refractivity contribution >= 4 is 18.8 Å². The summed E-state index contributed by atoms with van der Waals surface area (Å²) in [5.74, 6) is 0. The summed E-state index contributed by atoms with van der Waals surface area (Å²) in [6.07, 6.45) is 0. The average Bonchev–Trinajstić information content (AvgIpc) is 0.722. The Hall–Kier alpha value is 1.21. The van der Waals surface area contributed by atoms with E-state index in [4.69, 9.17) is 19.2 Å². The molecule has 0 amide bonds. The average molecular weight is 214 g/mol. The normalized spacial score (nSPS) is 8.43. The van der Waals surface area contributed by atoms with Crippen LogP contribution < -0.4 is 14.7 Å². The topological polar surface area (TPSA) is 86.2 Å². The molecule has 0 N–H and O–H groups in total. The van der Waals surface area contributed by atoms with Crippen molar-refractivity contribution in [3.8, 4) is 0 Å². The predicted octanol–water partition coefficient (Wildman–Crippen LogP) is -3.21. The van der Waals surface area contributed by atoms with Crippen molar-refractivity contribution in [2.75, 3.05) is 0 Å². The van der Waals surface area contributed by atoms with Crippen LogP contribution in [-0.2, 0) is 30.8 Å². The number of phosphoric acid groups is 1. The molecule has 7 heavy (non-hydrogen) atoms. The van der Waals surface area contributed by atoms with Crippen LogP contribution in [0.4, 0.5) is 0 Å². The van der Waals surface area contributed by atoms with E-state index in [1.54, 1.807) is 0 Å². The first-order chi connectivity index (χ1) is 2.00. The van der Waals surface area contributed by atoms with Gasteiger partial charge in [-0.05, 0) is 0 Å². The van der Waals surface area contributed by atoms with Crippen molar-refractivity contribution in [2.24, 2.45) is 0 Å². The van der Waals surface area contributed by atoms with Crippen molar-refractivity contribution in [3.63, 3.8) is 0 Å². The van der Waals surface area contributed by atoms with E-state index < -0.39 is 7.82 Å². The Morgan fingerprint density at radius 1 is 1.14 bits per heavy atom. The molecule has 0 saturated heterocycles. The van der Waals surface area contributed by atoms with Crippen molar-refractivity contribution in [2.45, 2.75) is 0 Å². The molecule has 32 valence electrons. The van der Waals surface area contributed by atoms with Crippen LogP contribution in [0.5, 0.6) is 0 Å². The molecule has 7 heteroatoms. The molecular formula is O4PSiZr+5. The quantitative estimate of drug-likeness (QED) is 0.314. The molecule has 0 radical (unpaired) electrons. The molecule has 0 aliphatic carbocycles. The predicted molar refractivity (Wildman–Crippen MR) is 13.4 cm³/mol. The maximum atomic E-state index is 8.55. The maximum absolute atomic E-state index is 8.55. The van der Waals surface area contributed by atoms with Gasteiger partial charge in [0.1, 0.15) is 0 Å². The van der Waals surface area contributed by atoms with Crippen molar-refractivity contribution in [1.82, 2.24) is 0 Å². The minimum absolute atomic E-state index is 0. The SMILES string of the molecule is O=P([O-])([O-])[O-].[Si+4].[Zr+4]. The zero-order chi connectivity index (χ0) is 4.50. The van der Waals surface area contributed by atoms with Gasteiger partial charge in [0.2, 0.25) is 0 Å². The second-order valence-corrected chi connectivity index (χ2v) is 1.34. The van der Waals surface area contributed by atoms with Gasteiger partial charge in [0, 0.05) is 0 Å². The largest absolute Gasteiger partial charge is 4.00 e. The Bertz CT molecular complexity index is 57.8. The van der Waals surface area contributed by atoms with Crippen molar-refractivity contribution in [3.05, 3.63) is 0 Å². The molecule has 0 aromatic heterocycles. The van der Waals surface area contributed by atoms with Crippen LogP contribution in [0, 0.1) is 0 Å². The van der Waals surface area contributed by atoms with Gasteiger partial charge >= 0.3 is 37.2 Å². The second-order valence-electron chi connectivity index (χ2n) is 0.447. The molecule has 0 aromatic rings. The van der Waals surface area contributed by atoms with Crippen LogP contribution >= 0.6 is 7.82 Å². The molecule has 0 bridgehead atoms. The molecule has 0 unspecified atom stereocenters. The first-order valence-corrected chi connectivity index (χ1v) is 2.19. The molecule has 0 atom stereocenters. The van der Waals surface area contributed by atoms with Gasteiger partial charge in [-0.15, -0.1) is 0 Å². The smallest absolute Gasteiger partial charge is 0.822 e. The zero-order valence-electron chi connectivity index (χ0n) is 3.08. The molecule has 0 fully saturated rings. The minimum Gasteiger partial charge on any atom is -0.822 e. The number of hydrogen-bond acceptors (Lipinski definition) is 4. The number of rotatable bonds is 0. The Morgan fingerprint density at radius 3 is 1.14 bits per heavy atom. The maximum Gasteiger partial charge on any atom is 4.00 e.